The van der Waals surface area contributed by atoms with Crippen LogP contribution in [0.3, 0.4) is 0 Å². The first kappa shape index (κ1) is 13.9. The molecule has 0 aromatic carbocycles. The number of hydrogen-bond acceptors (Lipinski definition) is 6. The fraction of sp³-hybridized carbons (Fsp3) is 0.308. The molecule has 0 saturated heterocycles. The van der Waals surface area contributed by atoms with Gasteiger partial charge in [-0.3, -0.25) is 4.68 Å². The molecular formula is C13H17N5O2. The minimum absolute atomic E-state index is 0.346. The summed E-state index contributed by atoms with van der Waals surface area (Å²) in [7, 11) is 5.03. The summed E-state index contributed by atoms with van der Waals surface area (Å²) >= 11 is 0. The third-order valence-corrected chi connectivity index (χ3v) is 2.83. The molecule has 2 N–H and O–H groups in total. The summed E-state index contributed by atoms with van der Waals surface area (Å²) in [6, 6.07) is 1.56. The van der Waals surface area contributed by atoms with E-state index in [1.54, 1.807) is 16.9 Å². The largest absolute Gasteiger partial charge is 0.465 e. The molecule has 20 heavy (non-hydrogen) atoms. The predicted molar refractivity (Wildman–Crippen MR) is 75.3 cm³/mol. The summed E-state index contributed by atoms with van der Waals surface area (Å²) in [6.45, 7) is 0.578. The van der Waals surface area contributed by atoms with Crippen LogP contribution in [0, 0.1) is 0 Å². The summed E-state index contributed by atoms with van der Waals surface area (Å²) in [4.78, 5) is 17.9. The van der Waals surface area contributed by atoms with Gasteiger partial charge in [-0.15, -0.1) is 0 Å². The van der Waals surface area contributed by atoms with E-state index in [4.69, 9.17) is 10.5 Å². The van der Waals surface area contributed by atoms with Crippen LogP contribution in [0.15, 0.2) is 24.7 Å². The zero-order chi connectivity index (χ0) is 14.7. The van der Waals surface area contributed by atoms with Gasteiger partial charge in [-0.25, -0.2) is 9.78 Å². The van der Waals surface area contributed by atoms with Crippen LogP contribution in [-0.2, 0) is 18.3 Å². The lowest BCUT2D eigenvalue weighted by Gasteiger charge is -2.19. The molecule has 2 rings (SSSR count). The zero-order valence-corrected chi connectivity index (χ0v) is 11.7. The van der Waals surface area contributed by atoms with Crippen LogP contribution in [0.4, 0.5) is 11.5 Å². The number of nitrogens with zero attached hydrogens (tertiary/aromatic N) is 4. The number of carbonyl (C=O) groups excluding carboxylic acids is 1. The monoisotopic (exact) mass is 275 g/mol. The van der Waals surface area contributed by atoms with Gasteiger partial charge in [0, 0.05) is 32.4 Å². The van der Waals surface area contributed by atoms with Crippen molar-refractivity contribution in [1.82, 2.24) is 14.8 Å². The molecule has 0 aliphatic rings. The molecule has 2 heterocycles. The molecule has 0 fully saturated rings. The normalized spacial score (nSPS) is 10.3. The Morgan fingerprint density at radius 2 is 2.25 bits per heavy atom. The van der Waals surface area contributed by atoms with Crippen LogP contribution in [0.25, 0.3) is 0 Å². The maximum atomic E-state index is 11.8. The first-order chi connectivity index (χ1) is 9.51. The van der Waals surface area contributed by atoms with E-state index < -0.39 is 5.97 Å². The molecule has 0 aliphatic carbocycles. The Bertz CT molecular complexity index is 623. The lowest BCUT2D eigenvalue weighted by Crippen LogP contribution is -2.21. The van der Waals surface area contributed by atoms with Crippen molar-refractivity contribution >= 4 is 17.5 Å². The van der Waals surface area contributed by atoms with E-state index in [-0.39, 0.29) is 0 Å². The van der Waals surface area contributed by atoms with Gasteiger partial charge < -0.3 is 15.4 Å². The van der Waals surface area contributed by atoms with Crippen molar-refractivity contribution in [2.45, 2.75) is 6.54 Å². The molecule has 0 spiro atoms. The number of carbonyl (C=O) groups is 1. The second-order valence-corrected chi connectivity index (χ2v) is 4.51. The number of anilines is 2. The fourth-order valence-corrected chi connectivity index (χ4v) is 1.94. The molecule has 0 saturated carbocycles. The van der Waals surface area contributed by atoms with Crippen LogP contribution in [0.2, 0.25) is 0 Å². The molecule has 0 radical (unpaired) electrons. The summed E-state index contributed by atoms with van der Waals surface area (Å²) < 4.78 is 6.48. The Balaban J connectivity index is 2.29. The highest BCUT2D eigenvalue weighted by Gasteiger charge is 2.17. The highest BCUT2D eigenvalue weighted by molar-refractivity contribution is 5.95. The van der Waals surface area contributed by atoms with E-state index in [9.17, 15) is 4.79 Å². The second kappa shape index (κ2) is 5.60. The van der Waals surface area contributed by atoms with Crippen LogP contribution in [0.1, 0.15) is 15.9 Å². The van der Waals surface area contributed by atoms with Crippen molar-refractivity contribution in [2.75, 3.05) is 24.8 Å². The van der Waals surface area contributed by atoms with E-state index in [0.717, 1.165) is 5.56 Å². The van der Waals surface area contributed by atoms with Crippen molar-refractivity contribution in [3.8, 4) is 0 Å². The van der Waals surface area contributed by atoms with Crippen LogP contribution in [-0.4, -0.2) is 34.9 Å². The number of aromatic nitrogens is 3. The maximum absolute atomic E-state index is 11.8. The summed E-state index contributed by atoms with van der Waals surface area (Å²) in [5, 5.41) is 4.11. The SMILES string of the molecule is COC(=O)c1cc(N)cnc1N(C)Cc1cnn(C)c1. The standard InChI is InChI=1S/C13H17N5O2/c1-17(7-9-5-16-18(2)8-9)12-11(13(19)20-3)4-10(14)6-15-12/h4-6,8H,7,14H2,1-3H3. The van der Waals surface area contributed by atoms with Gasteiger partial charge in [-0.2, -0.15) is 5.10 Å². The van der Waals surface area contributed by atoms with Crippen molar-refractivity contribution in [3.63, 3.8) is 0 Å². The van der Waals surface area contributed by atoms with Gasteiger partial charge >= 0.3 is 5.97 Å². The molecule has 0 amide bonds. The van der Waals surface area contributed by atoms with E-state index >= 15 is 0 Å². The van der Waals surface area contributed by atoms with Gasteiger partial charge in [0.15, 0.2) is 0 Å². The highest BCUT2D eigenvalue weighted by atomic mass is 16.5. The number of ether oxygens (including phenoxy) is 1. The van der Waals surface area contributed by atoms with Crippen molar-refractivity contribution in [2.24, 2.45) is 7.05 Å². The number of rotatable bonds is 4. The van der Waals surface area contributed by atoms with Gasteiger partial charge in [-0.1, -0.05) is 0 Å². The average Bonchev–Trinajstić information content (AvgIpc) is 2.82. The van der Waals surface area contributed by atoms with Gasteiger partial charge in [0.1, 0.15) is 11.4 Å². The Kier molecular flexibility index (Phi) is 3.88. The molecule has 0 unspecified atom stereocenters. The van der Waals surface area contributed by atoms with Crippen molar-refractivity contribution in [3.05, 3.63) is 35.8 Å². The zero-order valence-electron chi connectivity index (χ0n) is 11.7. The summed E-state index contributed by atoms with van der Waals surface area (Å²) in [6.07, 6.45) is 5.19. The van der Waals surface area contributed by atoms with Gasteiger partial charge in [-0.05, 0) is 6.07 Å². The van der Waals surface area contributed by atoms with Gasteiger partial charge in [0.25, 0.3) is 0 Å². The van der Waals surface area contributed by atoms with Crippen LogP contribution in [0.5, 0.6) is 0 Å². The number of methoxy groups -OCH3 is 1. The maximum Gasteiger partial charge on any atom is 0.341 e. The lowest BCUT2D eigenvalue weighted by molar-refractivity contribution is 0.0601. The van der Waals surface area contributed by atoms with Crippen LogP contribution >= 0.6 is 0 Å². The first-order valence-corrected chi connectivity index (χ1v) is 6.03. The summed E-state index contributed by atoms with van der Waals surface area (Å²) in [5.41, 5.74) is 7.46. The minimum Gasteiger partial charge on any atom is -0.465 e. The van der Waals surface area contributed by atoms with E-state index in [1.807, 2.05) is 25.2 Å². The smallest absolute Gasteiger partial charge is 0.341 e. The number of esters is 1. The molecule has 7 nitrogen and oxygen atoms in total. The molecule has 2 aromatic rings. The third kappa shape index (κ3) is 2.87. The van der Waals surface area contributed by atoms with Gasteiger partial charge in [0.2, 0.25) is 0 Å². The third-order valence-electron chi connectivity index (χ3n) is 2.83. The van der Waals surface area contributed by atoms with Crippen molar-refractivity contribution in [1.29, 1.82) is 0 Å². The molecule has 7 heteroatoms. The summed E-state index contributed by atoms with van der Waals surface area (Å²) in [5.74, 6) is 0.0627. The number of pyridine rings is 1. The highest BCUT2D eigenvalue weighted by Crippen LogP contribution is 2.21. The van der Waals surface area contributed by atoms with Gasteiger partial charge in [0.05, 0.1) is 25.2 Å². The number of aryl methyl sites for hydroxylation is 1. The Hall–Kier alpha value is -2.57. The Morgan fingerprint density at radius 3 is 2.85 bits per heavy atom. The quantitative estimate of drug-likeness (QED) is 0.831. The van der Waals surface area contributed by atoms with E-state index in [2.05, 4.69) is 10.1 Å². The van der Waals surface area contributed by atoms with E-state index in [1.165, 1.54) is 13.3 Å². The molecule has 2 aromatic heterocycles. The fourth-order valence-electron chi connectivity index (χ4n) is 1.94. The molecule has 0 aliphatic heterocycles. The number of nitrogen functional groups attached to an aromatic ring is 1. The average molecular weight is 275 g/mol. The number of hydrogen-bond donors (Lipinski definition) is 1. The van der Waals surface area contributed by atoms with Crippen molar-refractivity contribution < 1.29 is 9.53 Å². The van der Waals surface area contributed by atoms with E-state index in [0.29, 0.717) is 23.6 Å². The second-order valence-electron chi connectivity index (χ2n) is 4.51. The topological polar surface area (TPSA) is 86.3 Å². The van der Waals surface area contributed by atoms with Crippen LogP contribution < -0.4 is 10.6 Å². The number of nitrogens with two attached hydrogens (primary N) is 1. The Morgan fingerprint density at radius 1 is 1.50 bits per heavy atom. The molecule has 0 atom stereocenters. The molecular weight excluding hydrogens is 258 g/mol. The Labute approximate surface area is 117 Å². The lowest BCUT2D eigenvalue weighted by atomic mass is 10.2. The predicted octanol–water partition coefficient (Wildman–Crippen LogP) is 0.820. The first-order valence-electron chi connectivity index (χ1n) is 6.03. The molecule has 0 bridgehead atoms. The molecule has 106 valence electrons. The minimum atomic E-state index is -0.460.